The summed E-state index contributed by atoms with van der Waals surface area (Å²) >= 11 is 0. The molecule has 0 bridgehead atoms. The average molecular weight is 282 g/mol. The van der Waals surface area contributed by atoms with Crippen molar-refractivity contribution in [2.24, 2.45) is 5.41 Å². The third-order valence-electron chi connectivity index (χ3n) is 5.02. The summed E-state index contributed by atoms with van der Waals surface area (Å²) in [6.07, 6.45) is 12.3. The third kappa shape index (κ3) is 5.34. The molecule has 2 fully saturated rings. The first-order valence-electron chi connectivity index (χ1n) is 8.84. The zero-order chi connectivity index (χ0) is 14.3. The van der Waals surface area contributed by atoms with E-state index in [4.69, 9.17) is 0 Å². The van der Waals surface area contributed by atoms with E-state index in [9.17, 15) is 5.11 Å². The van der Waals surface area contributed by atoms with E-state index < -0.39 is 0 Å². The Balaban J connectivity index is 1.94. The van der Waals surface area contributed by atoms with Gasteiger partial charge in [-0.15, -0.1) is 0 Å². The first-order valence-corrected chi connectivity index (χ1v) is 8.84. The molecule has 2 aliphatic carbocycles. The van der Waals surface area contributed by atoms with Crippen molar-refractivity contribution in [2.45, 2.75) is 70.8 Å². The standard InChI is InChI=1S/C17H34N2O/c1-2-11-19(12-13-20)15-17(14-18-16-7-8-16)9-5-3-4-6-10-17/h16,18,20H,2-15H2,1H3. The maximum atomic E-state index is 9.30. The molecule has 0 unspecified atom stereocenters. The van der Waals surface area contributed by atoms with Gasteiger partial charge in [-0.05, 0) is 44.1 Å². The Hall–Kier alpha value is -0.120. The smallest absolute Gasteiger partial charge is 0.0558 e. The highest BCUT2D eigenvalue weighted by atomic mass is 16.3. The van der Waals surface area contributed by atoms with Crippen molar-refractivity contribution in [2.75, 3.05) is 32.8 Å². The third-order valence-corrected chi connectivity index (χ3v) is 5.02. The normalized spacial score (nSPS) is 22.9. The van der Waals surface area contributed by atoms with Crippen LogP contribution in [0.25, 0.3) is 0 Å². The van der Waals surface area contributed by atoms with Crippen LogP contribution < -0.4 is 5.32 Å². The maximum absolute atomic E-state index is 9.30. The molecule has 2 aliphatic rings. The van der Waals surface area contributed by atoms with Gasteiger partial charge in [0.15, 0.2) is 0 Å². The zero-order valence-corrected chi connectivity index (χ0v) is 13.4. The molecule has 0 saturated heterocycles. The molecule has 0 spiro atoms. The lowest BCUT2D eigenvalue weighted by atomic mass is 9.79. The number of nitrogens with zero attached hydrogens (tertiary/aromatic N) is 1. The van der Waals surface area contributed by atoms with Crippen LogP contribution in [0.4, 0.5) is 0 Å². The number of rotatable bonds is 9. The molecule has 3 nitrogen and oxygen atoms in total. The van der Waals surface area contributed by atoms with Crippen molar-refractivity contribution < 1.29 is 5.11 Å². The lowest BCUT2D eigenvalue weighted by molar-refractivity contribution is 0.107. The minimum atomic E-state index is 0.298. The highest BCUT2D eigenvalue weighted by molar-refractivity contribution is 4.90. The van der Waals surface area contributed by atoms with E-state index in [2.05, 4.69) is 17.1 Å². The van der Waals surface area contributed by atoms with Gasteiger partial charge < -0.3 is 15.3 Å². The molecule has 0 radical (unpaired) electrons. The molecule has 0 amide bonds. The summed E-state index contributed by atoms with van der Waals surface area (Å²) in [5.74, 6) is 0. The highest BCUT2D eigenvalue weighted by Crippen LogP contribution is 2.36. The monoisotopic (exact) mass is 282 g/mol. The molecule has 2 rings (SSSR count). The summed E-state index contributed by atoms with van der Waals surface area (Å²) in [5.41, 5.74) is 0.462. The fourth-order valence-electron chi connectivity index (χ4n) is 3.72. The first-order chi connectivity index (χ1) is 9.78. The summed E-state index contributed by atoms with van der Waals surface area (Å²) in [5, 5.41) is 13.1. The molecule has 118 valence electrons. The molecule has 0 aliphatic heterocycles. The van der Waals surface area contributed by atoms with Crippen LogP contribution in [0.2, 0.25) is 0 Å². The molecule has 2 saturated carbocycles. The quantitative estimate of drug-likeness (QED) is 0.638. The number of aliphatic hydroxyl groups excluding tert-OH is 1. The number of hydrogen-bond donors (Lipinski definition) is 2. The summed E-state index contributed by atoms with van der Waals surface area (Å²) < 4.78 is 0. The van der Waals surface area contributed by atoms with Gasteiger partial charge >= 0.3 is 0 Å². The second-order valence-corrected chi connectivity index (χ2v) is 7.07. The second-order valence-electron chi connectivity index (χ2n) is 7.07. The van der Waals surface area contributed by atoms with Gasteiger partial charge in [0, 0.05) is 25.7 Å². The van der Waals surface area contributed by atoms with Crippen LogP contribution in [0.1, 0.15) is 64.7 Å². The Kier molecular flexibility index (Phi) is 6.79. The molecular weight excluding hydrogens is 248 g/mol. The van der Waals surface area contributed by atoms with Crippen LogP contribution in [-0.4, -0.2) is 48.8 Å². The van der Waals surface area contributed by atoms with Crippen molar-refractivity contribution in [1.29, 1.82) is 0 Å². The Bertz CT molecular complexity index is 252. The van der Waals surface area contributed by atoms with E-state index in [1.165, 1.54) is 70.9 Å². The van der Waals surface area contributed by atoms with Gasteiger partial charge in [-0.1, -0.05) is 32.6 Å². The van der Waals surface area contributed by atoms with Crippen LogP contribution in [0, 0.1) is 5.41 Å². The predicted octanol–water partition coefficient (Wildman–Crippen LogP) is 2.78. The van der Waals surface area contributed by atoms with Gasteiger partial charge in [-0.25, -0.2) is 0 Å². The minimum absolute atomic E-state index is 0.298. The molecule has 0 heterocycles. The van der Waals surface area contributed by atoms with Crippen molar-refractivity contribution in [1.82, 2.24) is 10.2 Å². The lowest BCUT2D eigenvalue weighted by Crippen LogP contribution is -2.45. The molecule has 0 aromatic carbocycles. The van der Waals surface area contributed by atoms with E-state index in [-0.39, 0.29) is 0 Å². The van der Waals surface area contributed by atoms with Gasteiger partial charge in [0.1, 0.15) is 0 Å². The van der Waals surface area contributed by atoms with Crippen molar-refractivity contribution >= 4 is 0 Å². The highest BCUT2D eigenvalue weighted by Gasteiger charge is 2.34. The van der Waals surface area contributed by atoms with Crippen LogP contribution >= 0.6 is 0 Å². The van der Waals surface area contributed by atoms with E-state index in [1.54, 1.807) is 0 Å². The van der Waals surface area contributed by atoms with Crippen LogP contribution in [0.15, 0.2) is 0 Å². The van der Waals surface area contributed by atoms with E-state index >= 15 is 0 Å². The van der Waals surface area contributed by atoms with E-state index in [1.807, 2.05) is 0 Å². The van der Waals surface area contributed by atoms with Crippen LogP contribution in [0.3, 0.4) is 0 Å². The first kappa shape index (κ1) is 16.3. The largest absolute Gasteiger partial charge is 0.395 e. The molecule has 0 aromatic heterocycles. The van der Waals surface area contributed by atoms with Gasteiger partial charge in [-0.2, -0.15) is 0 Å². The van der Waals surface area contributed by atoms with Gasteiger partial charge in [0.05, 0.1) is 6.61 Å². The van der Waals surface area contributed by atoms with Gasteiger partial charge in [-0.3, -0.25) is 0 Å². The Morgan fingerprint density at radius 2 is 1.80 bits per heavy atom. The topological polar surface area (TPSA) is 35.5 Å². The van der Waals surface area contributed by atoms with Crippen LogP contribution in [-0.2, 0) is 0 Å². The van der Waals surface area contributed by atoms with E-state index in [0.717, 1.165) is 19.1 Å². The fraction of sp³-hybridized carbons (Fsp3) is 1.00. The fourth-order valence-corrected chi connectivity index (χ4v) is 3.72. The Morgan fingerprint density at radius 3 is 2.35 bits per heavy atom. The van der Waals surface area contributed by atoms with Gasteiger partial charge in [0.2, 0.25) is 0 Å². The van der Waals surface area contributed by atoms with Crippen molar-refractivity contribution in [3.05, 3.63) is 0 Å². The summed E-state index contributed by atoms with van der Waals surface area (Å²) in [6.45, 7) is 6.90. The minimum Gasteiger partial charge on any atom is -0.395 e. The average Bonchev–Trinajstić information content (AvgIpc) is 3.25. The van der Waals surface area contributed by atoms with Crippen molar-refractivity contribution in [3.8, 4) is 0 Å². The van der Waals surface area contributed by atoms with Crippen molar-refractivity contribution in [3.63, 3.8) is 0 Å². The molecule has 3 heteroatoms. The predicted molar refractivity (Wildman–Crippen MR) is 85.0 cm³/mol. The lowest BCUT2D eigenvalue weighted by Gasteiger charge is -2.38. The molecular formula is C17H34N2O. The second kappa shape index (κ2) is 8.35. The maximum Gasteiger partial charge on any atom is 0.0558 e. The molecule has 0 aromatic rings. The summed E-state index contributed by atoms with van der Waals surface area (Å²) in [6, 6.07) is 0.813. The zero-order valence-electron chi connectivity index (χ0n) is 13.4. The van der Waals surface area contributed by atoms with Gasteiger partial charge in [0.25, 0.3) is 0 Å². The summed E-state index contributed by atoms with van der Waals surface area (Å²) in [7, 11) is 0. The molecule has 0 atom stereocenters. The summed E-state index contributed by atoms with van der Waals surface area (Å²) in [4.78, 5) is 2.50. The Labute approximate surface area is 125 Å². The molecule has 20 heavy (non-hydrogen) atoms. The number of hydrogen-bond acceptors (Lipinski definition) is 3. The number of aliphatic hydroxyl groups is 1. The Morgan fingerprint density at radius 1 is 1.10 bits per heavy atom. The van der Waals surface area contributed by atoms with E-state index in [0.29, 0.717) is 12.0 Å². The van der Waals surface area contributed by atoms with Crippen LogP contribution in [0.5, 0.6) is 0 Å². The number of nitrogens with one attached hydrogen (secondary N) is 1. The SMILES string of the molecule is CCCN(CCO)CC1(CNC2CC2)CCCCCC1. The molecule has 2 N–H and O–H groups in total.